The summed E-state index contributed by atoms with van der Waals surface area (Å²) in [5, 5.41) is 0.708. The first-order valence-corrected chi connectivity index (χ1v) is 11.8. The number of hydrogen-bond acceptors (Lipinski definition) is 4. The molecule has 0 unspecified atom stereocenters. The summed E-state index contributed by atoms with van der Waals surface area (Å²) >= 11 is 6.15. The third-order valence-corrected chi connectivity index (χ3v) is 7.05. The van der Waals surface area contributed by atoms with Crippen molar-refractivity contribution in [2.45, 2.75) is 32.2 Å². The van der Waals surface area contributed by atoms with Crippen LogP contribution in [0.15, 0.2) is 18.2 Å². The Kier molecular flexibility index (Phi) is 7.23. The quantitative estimate of drug-likeness (QED) is 0.710. The highest BCUT2D eigenvalue weighted by Crippen LogP contribution is 2.26. The average Bonchev–Trinajstić information content (AvgIpc) is 3.34. The zero-order valence-electron chi connectivity index (χ0n) is 18.4. The van der Waals surface area contributed by atoms with E-state index in [1.807, 2.05) is 32.9 Å². The number of piperidine rings is 1. The summed E-state index contributed by atoms with van der Waals surface area (Å²) in [6.45, 7) is 7.08. The van der Waals surface area contributed by atoms with E-state index in [0.29, 0.717) is 18.1 Å². The molecule has 3 saturated heterocycles. The summed E-state index contributed by atoms with van der Waals surface area (Å²) in [5.41, 5.74) is 1.07. The van der Waals surface area contributed by atoms with Crippen molar-refractivity contribution in [3.8, 4) is 5.75 Å². The fourth-order valence-electron chi connectivity index (χ4n) is 4.92. The summed E-state index contributed by atoms with van der Waals surface area (Å²) in [6.07, 6.45) is 3.77. The SMILES string of the molecule is COc1ccc(Cl)cc1CN1CCN(C(=O)C2CCN(C(=O)N3CCCC3)CC2)CC1. The van der Waals surface area contributed by atoms with Gasteiger partial charge in [0.25, 0.3) is 0 Å². The van der Waals surface area contributed by atoms with Crippen molar-refractivity contribution in [1.82, 2.24) is 19.6 Å². The number of benzene rings is 1. The van der Waals surface area contributed by atoms with Crippen LogP contribution in [0, 0.1) is 5.92 Å². The molecule has 8 heteroatoms. The lowest BCUT2D eigenvalue weighted by molar-refractivity contribution is -0.138. The molecule has 0 aliphatic carbocycles. The molecule has 4 rings (SSSR count). The van der Waals surface area contributed by atoms with Gasteiger partial charge in [0.1, 0.15) is 5.75 Å². The lowest BCUT2D eigenvalue weighted by atomic mass is 9.95. The Morgan fingerprint density at radius 2 is 1.58 bits per heavy atom. The van der Waals surface area contributed by atoms with Crippen LogP contribution < -0.4 is 4.74 Å². The minimum Gasteiger partial charge on any atom is -0.496 e. The molecule has 170 valence electrons. The number of likely N-dealkylation sites (tertiary alicyclic amines) is 2. The third-order valence-electron chi connectivity index (χ3n) is 6.81. The first kappa shape index (κ1) is 22.2. The van der Waals surface area contributed by atoms with E-state index in [-0.39, 0.29) is 17.9 Å². The molecular weight excluding hydrogens is 416 g/mol. The molecule has 0 saturated carbocycles. The van der Waals surface area contributed by atoms with Crippen molar-refractivity contribution in [2.75, 3.05) is 59.5 Å². The van der Waals surface area contributed by atoms with Gasteiger partial charge in [-0.2, -0.15) is 0 Å². The van der Waals surface area contributed by atoms with Gasteiger partial charge in [0.2, 0.25) is 5.91 Å². The lowest BCUT2D eigenvalue weighted by Gasteiger charge is -2.39. The molecule has 3 heterocycles. The number of rotatable bonds is 4. The van der Waals surface area contributed by atoms with Gasteiger partial charge in [-0.25, -0.2) is 4.79 Å². The molecular formula is C23H33ClN4O3. The Balaban J connectivity index is 1.23. The van der Waals surface area contributed by atoms with Gasteiger partial charge in [-0.15, -0.1) is 0 Å². The van der Waals surface area contributed by atoms with Crippen molar-refractivity contribution < 1.29 is 14.3 Å². The van der Waals surface area contributed by atoms with E-state index < -0.39 is 0 Å². The predicted octanol–water partition coefficient (Wildman–Crippen LogP) is 2.92. The van der Waals surface area contributed by atoms with Crippen LogP contribution in [0.3, 0.4) is 0 Å². The van der Waals surface area contributed by atoms with Crippen LogP contribution in [0.2, 0.25) is 5.02 Å². The number of piperazine rings is 1. The summed E-state index contributed by atoms with van der Waals surface area (Å²) in [5.74, 6) is 1.15. The van der Waals surface area contributed by atoms with Crippen molar-refractivity contribution in [1.29, 1.82) is 0 Å². The molecule has 31 heavy (non-hydrogen) atoms. The Morgan fingerprint density at radius 3 is 2.23 bits per heavy atom. The Bertz CT molecular complexity index is 783. The van der Waals surface area contributed by atoms with Crippen molar-refractivity contribution in [2.24, 2.45) is 5.92 Å². The zero-order valence-corrected chi connectivity index (χ0v) is 19.1. The summed E-state index contributed by atoms with van der Waals surface area (Å²) in [4.78, 5) is 33.9. The maximum Gasteiger partial charge on any atom is 0.319 e. The number of nitrogens with zero attached hydrogens (tertiary/aromatic N) is 4. The number of carbonyl (C=O) groups excluding carboxylic acids is 2. The van der Waals surface area contributed by atoms with E-state index in [0.717, 1.165) is 82.8 Å². The number of carbonyl (C=O) groups is 2. The fourth-order valence-corrected chi connectivity index (χ4v) is 5.12. The zero-order chi connectivity index (χ0) is 21.8. The normalized spacial score (nSPS) is 20.9. The molecule has 3 fully saturated rings. The van der Waals surface area contributed by atoms with Crippen LogP contribution in [0.25, 0.3) is 0 Å². The molecule has 1 aromatic carbocycles. The average molecular weight is 449 g/mol. The van der Waals surface area contributed by atoms with Gasteiger partial charge < -0.3 is 19.4 Å². The van der Waals surface area contributed by atoms with E-state index in [1.165, 1.54) is 0 Å². The molecule has 0 aromatic heterocycles. The monoisotopic (exact) mass is 448 g/mol. The van der Waals surface area contributed by atoms with Crippen molar-refractivity contribution >= 4 is 23.5 Å². The van der Waals surface area contributed by atoms with Gasteiger partial charge >= 0.3 is 6.03 Å². The van der Waals surface area contributed by atoms with Crippen LogP contribution in [-0.2, 0) is 11.3 Å². The second-order valence-corrected chi connectivity index (χ2v) is 9.23. The number of hydrogen-bond donors (Lipinski definition) is 0. The molecule has 3 amide bonds. The maximum absolute atomic E-state index is 13.1. The van der Waals surface area contributed by atoms with Crippen molar-refractivity contribution in [3.05, 3.63) is 28.8 Å². The largest absolute Gasteiger partial charge is 0.496 e. The smallest absolute Gasteiger partial charge is 0.319 e. The number of ether oxygens (including phenoxy) is 1. The molecule has 0 radical (unpaired) electrons. The highest BCUT2D eigenvalue weighted by atomic mass is 35.5. The fraction of sp³-hybridized carbons (Fsp3) is 0.652. The molecule has 0 spiro atoms. The predicted molar refractivity (Wildman–Crippen MR) is 120 cm³/mol. The molecule has 1 aromatic rings. The number of urea groups is 1. The van der Waals surface area contributed by atoms with E-state index in [9.17, 15) is 9.59 Å². The molecule has 3 aliphatic heterocycles. The molecule has 0 bridgehead atoms. The van der Waals surface area contributed by atoms with Gasteiger partial charge in [-0.05, 0) is 43.9 Å². The van der Waals surface area contributed by atoms with Crippen LogP contribution >= 0.6 is 11.6 Å². The number of halogens is 1. The molecule has 7 nitrogen and oxygen atoms in total. The second kappa shape index (κ2) is 10.1. The Labute approximate surface area is 189 Å². The molecule has 3 aliphatic rings. The van der Waals surface area contributed by atoms with E-state index in [1.54, 1.807) is 7.11 Å². The summed E-state index contributed by atoms with van der Waals surface area (Å²) < 4.78 is 5.46. The van der Waals surface area contributed by atoms with E-state index in [4.69, 9.17) is 16.3 Å². The maximum atomic E-state index is 13.1. The number of methoxy groups -OCH3 is 1. The summed E-state index contributed by atoms with van der Waals surface area (Å²) in [7, 11) is 1.67. The van der Waals surface area contributed by atoms with Crippen molar-refractivity contribution in [3.63, 3.8) is 0 Å². The lowest BCUT2D eigenvalue weighted by Crippen LogP contribution is -2.52. The van der Waals surface area contributed by atoms with Gasteiger partial charge in [-0.1, -0.05) is 11.6 Å². The van der Waals surface area contributed by atoms with Gasteiger partial charge in [-0.3, -0.25) is 9.69 Å². The van der Waals surface area contributed by atoms with Crippen LogP contribution in [0.4, 0.5) is 4.79 Å². The minimum atomic E-state index is 0.0437. The number of amides is 3. The first-order chi connectivity index (χ1) is 15.0. The van der Waals surface area contributed by atoms with Crippen LogP contribution in [0.1, 0.15) is 31.2 Å². The van der Waals surface area contributed by atoms with E-state index >= 15 is 0 Å². The standard InChI is InChI=1S/C23H33ClN4O3/c1-31-21-5-4-20(24)16-19(21)17-25-12-14-26(15-13-25)22(29)18-6-10-28(11-7-18)23(30)27-8-2-3-9-27/h4-5,16,18H,2-3,6-15,17H2,1H3. The second-order valence-electron chi connectivity index (χ2n) is 8.80. The van der Waals surface area contributed by atoms with Gasteiger partial charge in [0.15, 0.2) is 0 Å². The first-order valence-electron chi connectivity index (χ1n) is 11.4. The third kappa shape index (κ3) is 5.26. The summed E-state index contributed by atoms with van der Waals surface area (Å²) in [6, 6.07) is 5.85. The molecule has 0 N–H and O–H groups in total. The Morgan fingerprint density at radius 1 is 0.935 bits per heavy atom. The van der Waals surface area contributed by atoms with Crippen LogP contribution in [-0.4, -0.2) is 91.0 Å². The van der Waals surface area contributed by atoms with Crippen LogP contribution in [0.5, 0.6) is 5.75 Å². The van der Waals surface area contributed by atoms with E-state index in [2.05, 4.69) is 4.90 Å². The highest BCUT2D eigenvalue weighted by Gasteiger charge is 2.33. The topological polar surface area (TPSA) is 56.3 Å². The highest BCUT2D eigenvalue weighted by molar-refractivity contribution is 6.30. The molecule has 0 atom stereocenters. The minimum absolute atomic E-state index is 0.0437. The Hall–Kier alpha value is -1.99. The van der Waals surface area contributed by atoms with Gasteiger partial charge in [0, 0.05) is 75.4 Å². The van der Waals surface area contributed by atoms with Gasteiger partial charge in [0.05, 0.1) is 7.11 Å².